The largest absolute Gasteiger partial charge is 0.315 e. The fourth-order valence-corrected chi connectivity index (χ4v) is 1.93. The van der Waals surface area contributed by atoms with E-state index in [4.69, 9.17) is 0 Å². The summed E-state index contributed by atoms with van der Waals surface area (Å²) in [5.41, 5.74) is 0.979. The Balaban J connectivity index is 2.30. The first-order valence-electron chi connectivity index (χ1n) is 6.06. The topological polar surface area (TPSA) is 20.3 Å². The number of anilines is 1. The lowest BCUT2D eigenvalue weighted by Crippen LogP contribution is -2.21. The van der Waals surface area contributed by atoms with Crippen molar-refractivity contribution >= 4 is 22.9 Å². The van der Waals surface area contributed by atoms with Gasteiger partial charge >= 0.3 is 0 Å². The van der Waals surface area contributed by atoms with Gasteiger partial charge in [-0.3, -0.25) is 4.79 Å². The molecule has 0 fully saturated rings. The molecule has 0 saturated carbocycles. The molecule has 0 radical (unpaired) electrons. The van der Waals surface area contributed by atoms with Gasteiger partial charge in [-0.15, -0.1) is 0 Å². The molecule has 2 rings (SSSR count). The number of rotatable bonds is 5. The molecule has 0 aliphatic carbocycles. The van der Waals surface area contributed by atoms with E-state index in [0.29, 0.717) is 0 Å². The van der Waals surface area contributed by atoms with Crippen LogP contribution in [0.25, 0.3) is 10.8 Å². The van der Waals surface area contributed by atoms with Crippen molar-refractivity contribution in [2.75, 3.05) is 11.4 Å². The van der Waals surface area contributed by atoms with E-state index in [-0.39, 0.29) is 0 Å². The number of amides is 1. The molecule has 2 aromatic carbocycles. The van der Waals surface area contributed by atoms with Crippen molar-refractivity contribution in [1.29, 1.82) is 0 Å². The number of hydrogen-bond acceptors (Lipinski definition) is 1. The maximum atomic E-state index is 11.1. The average molecular weight is 227 g/mol. The first kappa shape index (κ1) is 11.6. The van der Waals surface area contributed by atoms with E-state index in [1.54, 1.807) is 4.90 Å². The maximum Gasteiger partial charge on any atom is 0.214 e. The van der Waals surface area contributed by atoms with Gasteiger partial charge in [0.1, 0.15) is 0 Å². The summed E-state index contributed by atoms with van der Waals surface area (Å²) < 4.78 is 0. The van der Waals surface area contributed by atoms with Gasteiger partial charge in [-0.1, -0.05) is 43.7 Å². The van der Waals surface area contributed by atoms with Crippen LogP contribution in [-0.4, -0.2) is 13.0 Å². The van der Waals surface area contributed by atoms with Crippen LogP contribution in [0.2, 0.25) is 0 Å². The lowest BCUT2D eigenvalue weighted by molar-refractivity contribution is -0.107. The van der Waals surface area contributed by atoms with E-state index >= 15 is 0 Å². The zero-order valence-corrected chi connectivity index (χ0v) is 10.1. The molecule has 17 heavy (non-hydrogen) atoms. The van der Waals surface area contributed by atoms with Gasteiger partial charge in [0.15, 0.2) is 0 Å². The third-order valence-corrected chi connectivity index (χ3v) is 2.94. The van der Waals surface area contributed by atoms with Gasteiger partial charge in [-0.2, -0.15) is 0 Å². The van der Waals surface area contributed by atoms with Gasteiger partial charge in [0.2, 0.25) is 6.41 Å². The minimum absolute atomic E-state index is 0.790. The summed E-state index contributed by atoms with van der Waals surface area (Å²) in [5, 5.41) is 2.38. The Bertz CT molecular complexity index is 507. The quantitative estimate of drug-likeness (QED) is 0.715. The second-order valence-corrected chi connectivity index (χ2v) is 4.18. The molecule has 0 aromatic heterocycles. The number of carbonyl (C=O) groups excluding carboxylic acids is 1. The Morgan fingerprint density at radius 1 is 1.12 bits per heavy atom. The summed E-state index contributed by atoms with van der Waals surface area (Å²) in [6, 6.07) is 14.3. The van der Waals surface area contributed by atoms with Gasteiger partial charge in [-0.25, -0.2) is 0 Å². The molecule has 0 atom stereocenters. The van der Waals surface area contributed by atoms with Gasteiger partial charge in [0.05, 0.1) is 0 Å². The fraction of sp³-hybridized carbons (Fsp3) is 0.267. The number of benzene rings is 2. The van der Waals surface area contributed by atoms with Crippen LogP contribution < -0.4 is 4.90 Å². The van der Waals surface area contributed by atoms with Crippen LogP contribution in [-0.2, 0) is 4.79 Å². The predicted octanol–water partition coefficient (Wildman–Crippen LogP) is 3.60. The molecule has 1 amide bonds. The Hall–Kier alpha value is -1.83. The summed E-state index contributed by atoms with van der Waals surface area (Å²) >= 11 is 0. The zero-order valence-electron chi connectivity index (χ0n) is 10.1. The molecule has 2 aromatic rings. The molecule has 0 bridgehead atoms. The SMILES string of the molecule is CCCCN(C=O)c1ccc2ccccc2c1. The molecule has 2 heteroatoms. The van der Waals surface area contributed by atoms with E-state index in [1.807, 2.05) is 18.2 Å². The third kappa shape index (κ3) is 2.64. The van der Waals surface area contributed by atoms with Crippen LogP contribution >= 0.6 is 0 Å². The Labute approximate surface area is 102 Å². The molecule has 0 spiro atoms. The van der Waals surface area contributed by atoms with Crippen LogP contribution in [0.3, 0.4) is 0 Å². The molecular formula is C15H17NO. The van der Waals surface area contributed by atoms with Crippen LogP contribution in [0, 0.1) is 0 Å². The molecule has 0 aliphatic rings. The van der Waals surface area contributed by atoms with E-state index in [0.717, 1.165) is 31.5 Å². The van der Waals surface area contributed by atoms with Crippen LogP contribution in [0.1, 0.15) is 19.8 Å². The van der Waals surface area contributed by atoms with Crippen LogP contribution in [0.15, 0.2) is 42.5 Å². The summed E-state index contributed by atoms with van der Waals surface area (Å²) in [5.74, 6) is 0. The third-order valence-electron chi connectivity index (χ3n) is 2.94. The summed E-state index contributed by atoms with van der Waals surface area (Å²) in [6.07, 6.45) is 3.04. The molecule has 0 heterocycles. The Morgan fingerprint density at radius 3 is 2.59 bits per heavy atom. The zero-order chi connectivity index (χ0) is 12.1. The standard InChI is InChI=1S/C15H17NO/c1-2-3-10-16(12-17)15-9-8-13-6-4-5-7-14(13)11-15/h4-9,11-12H,2-3,10H2,1H3. The average Bonchev–Trinajstić information content (AvgIpc) is 2.39. The van der Waals surface area contributed by atoms with Crippen molar-refractivity contribution in [2.45, 2.75) is 19.8 Å². The van der Waals surface area contributed by atoms with Crippen molar-refractivity contribution < 1.29 is 4.79 Å². The summed E-state index contributed by atoms with van der Waals surface area (Å²) in [7, 11) is 0. The van der Waals surface area contributed by atoms with Crippen LogP contribution in [0.5, 0.6) is 0 Å². The number of hydrogen-bond donors (Lipinski definition) is 0. The van der Waals surface area contributed by atoms with Crippen molar-refractivity contribution in [3.05, 3.63) is 42.5 Å². The Kier molecular flexibility index (Phi) is 3.76. The lowest BCUT2D eigenvalue weighted by atomic mass is 10.1. The van der Waals surface area contributed by atoms with Crippen LogP contribution in [0.4, 0.5) is 5.69 Å². The molecule has 2 nitrogen and oxygen atoms in total. The van der Waals surface area contributed by atoms with Crippen molar-refractivity contribution in [1.82, 2.24) is 0 Å². The predicted molar refractivity (Wildman–Crippen MR) is 72.3 cm³/mol. The molecule has 88 valence electrons. The summed E-state index contributed by atoms with van der Waals surface area (Å²) in [6.45, 7) is 2.92. The van der Waals surface area contributed by atoms with E-state index < -0.39 is 0 Å². The second kappa shape index (κ2) is 5.48. The highest BCUT2D eigenvalue weighted by Crippen LogP contribution is 2.21. The van der Waals surface area contributed by atoms with E-state index in [2.05, 4.69) is 31.2 Å². The fourth-order valence-electron chi connectivity index (χ4n) is 1.93. The Morgan fingerprint density at radius 2 is 1.88 bits per heavy atom. The molecular weight excluding hydrogens is 210 g/mol. The van der Waals surface area contributed by atoms with E-state index in [1.165, 1.54) is 10.8 Å². The highest BCUT2D eigenvalue weighted by molar-refractivity contribution is 5.88. The minimum atomic E-state index is 0.790. The number of unbranched alkanes of at least 4 members (excludes halogenated alkanes) is 1. The van der Waals surface area contributed by atoms with Gasteiger partial charge < -0.3 is 4.90 Å². The number of nitrogens with zero attached hydrogens (tertiary/aromatic N) is 1. The molecule has 0 saturated heterocycles. The number of carbonyl (C=O) groups is 1. The van der Waals surface area contributed by atoms with Crippen molar-refractivity contribution in [2.24, 2.45) is 0 Å². The smallest absolute Gasteiger partial charge is 0.214 e. The van der Waals surface area contributed by atoms with Crippen molar-refractivity contribution in [3.63, 3.8) is 0 Å². The van der Waals surface area contributed by atoms with Gasteiger partial charge in [0.25, 0.3) is 0 Å². The van der Waals surface area contributed by atoms with Crippen molar-refractivity contribution in [3.8, 4) is 0 Å². The maximum absolute atomic E-state index is 11.1. The monoisotopic (exact) mass is 227 g/mol. The minimum Gasteiger partial charge on any atom is -0.315 e. The number of fused-ring (bicyclic) bond motifs is 1. The van der Waals surface area contributed by atoms with Gasteiger partial charge in [0, 0.05) is 12.2 Å². The normalized spacial score (nSPS) is 10.4. The van der Waals surface area contributed by atoms with Gasteiger partial charge in [-0.05, 0) is 29.3 Å². The second-order valence-electron chi connectivity index (χ2n) is 4.18. The highest BCUT2D eigenvalue weighted by atomic mass is 16.1. The molecule has 0 N–H and O–H groups in total. The molecule has 0 unspecified atom stereocenters. The highest BCUT2D eigenvalue weighted by Gasteiger charge is 2.04. The molecule has 0 aliphatic heterocycles. The van der Waals surface area contributed by atoms with E-state index in [9.17, 15) is 4.79 Å². The summed E-state index contributed by atoms with van der Waals surface area (Å²) in [4.78, 5) is 12.8. The lowest BCUT2D eigenvalue weighted by Gasteiger charge is -2.17. The first-order valence-corrected chi connectivity index (χ1v) is 6.06. The first-order chi connectivity index (χ1) is 8.35.